The van der Waals surface area contributed by atoms with Crippen molar-refractivity contribution in [3.63, 3.8) is 0 Å². The molecule has 0 radical (unpaired) electrons. The summed E-state index contributed by atoms with van der Waals surface area (Å²) < 4.78 is 1.36. The van der Waals surface area contributed by atoms with Crippen LogP contribution in [0, 0.1) is 0 Å². The van der Waals surface area contributed by atoms with Crippen molar-refractivity contribution in [3.8, 4) is 0 Å². The number of rotatable bonds is 6. The number of hydrogen-bond acceptors (Lipinski definition) is 6. The normalized spacial score (nSPS) is 14.2. The number of nitrogens with one attached hydrogen (secondary N) is 2. The van der Waals surface area contributed by atoms with Crippen molar-refractivity contribution < 1.29 is 4.79 Å². The van der Waals surface area contributed by atoms with Gasteiger partial charge in [0.1, 0.15) is 5.65 Å². The third-order valence-electron chi connectivity index (χ3n) is 6.52. The van der Waals surface area contributed by atoms with Crippen LogP contribution in [0.4, 0.5) is 11.4 Å². The fraction of sp³-hybridized carbons (Fsp3) is 0.259. The zero-order valence-corrected chi connectivity index (χ0v) is 20.1. The average molecular weight is 485 g/mol. The van der Waals surface area contributed by atoms with Crippen LogP contribution in [0.15, 0.2) is 76.4 Å². The topological polar surface area (TPSA) is 103 Å². The van der Waals surface area contributed by atoms with Crippen LogP contribution in [-0.2, 0) is 13.1 Å². The molecule has 0 aliphatic carbocycles. The van der Waals surface area contributed by atoms with E-state index >= 15 is 0 Å². The van der Waals surface area contributed by atoms with E-state index in [1.165, 1.54) is 22.4 Å². The standard InChI is InChI=1S/C27H28N6O3/c1-2-33-24-23(26(35)30-27(33)36)16-20(17-28-24)25(34)29-21-8-10-22(11-9-21)32-14-12-31(13-15-32)18-19-6-4-3-5-7-19/h3-11,16-17H,2,12-15,18H2,1H3,(H,29,34)(H,30,35,36). The van der Waals surface area contributed by atoms with Gasteiger partial charge in [-0.15, -0.1) is 0 Å². The molecule has 1 amide bonds. The number of amides is 1. The van der Waals surface area contributed by atoms with Crippen molar-refractivity contribution in [3.05, 3.63) is 98.8 Å². The summed E-state index contributed by atoms with van der Waals surface area (Å²) in [6.45, 7) is 6.98. The lowest BCUT2D eigenvalue weighted by molar-refractivity contribution is 0.102. The number of pyridine rings is 1. The molecule has 0 unspecified atom stereocenters. The number of aromatic nitrogens is 3. The second kappa shape index (κ2) is 10.2. The molecule has 2 aromatic heterocycles. The minimum atomic E-state index is -0.560. The summed E-state index contributed by atoms with van der Waals surface area (Å²) in [7, 11) is 0. The van der Waals surface area contributed by atoms with Crippen LogP contribution in [0.5, 0.6) is 0 Å². The van der Waals surface area contributed by atoms with E-state index < -0.39 is 11.2 Å². The fourth-order valence-corrected chi connectivity index (χ4v) is 4.55. The van der Waals surface area contributed by atoms with Gasteiger partial charge in [-0.1, -0.05) is 30.3 Å². The number of carbonyl (C=O) groups excluding carboxylic acids is 1. The van der Waals surface area contributed by atoms with Crippen molar-refractivity contribution in [1.82, 2.24) is 19.4 Å². The van der Waals surface area contributed by atoms with Gasteiger partial charge in [0, 0.05) is 56.8 Å². The van der Waals surface area contributed by atoms with E-state index in [1.807, 2.05) is 30.3 Å². The predicted molar refractivity (Wildman–Crippen MR) is 141 cm³/mol. The first-order valence-corrected chi connectivity index (χ1v) is 12.1. The van der Waals surface area contributed by atoms with E-state index in [4.69, 9.17) is 0 Å². The summed E-state index contributed by atoms with van der Waals surface area (Å²) in [6.07, 6.45) is 1.38. The van der Waals surface area contributed by atoms with Crippen LogP contribution in [-0.4, -0.2) is 51.5 Å². The molecule has 2 aromatic carbocycles. The first-order valence-electron chi connectivity index (χ1n) is 12.1. The number of H-pyrrole nitrogens is 1. The van der Waals surface area contributed by atoms with Crippen LogP contribution in [0.2, 0.25) is 0 Å². The Hall–Kier alpha value is -4.24. The van der Waals surface area contributed by atoms with E-state index in [9.17, 15) is 14.4 Å². The Morgan fingerprint density at radius 2 is 1.72 bits per heavy atom. The molecule has 9 heteroatoms. The fourth-order valence-electron chi connectivity index (χ4n) is 4.55. The summed E-state index contributed by atoms with van der Waals surface area (Å²) in [4.78, 5) is 48.3. The maximum Gasteiger partial charge on any atom is 0.329 e. The van der Waals surface area contributed by atoms with Crippen LogP contribution < -0.4 is 21.5 Å². The third kappa shape index (κ3) is 4.92. The van der Waals surface area contributed by atoms with Crippen molar-refractivity contribution in [2.75, 3.05) is 36.4 Å². The van der Waals surface area contributed by atoms with Gasteiger partial charge in [0.2, 0.25) is 0 Å². The molecule has 9 nitrogen and oxygen atoms in total. The van der Waals surface area contributed by atoms with Gasteiger partial charge in [-0.25, -0.2) is 9.78 Å². The number of piperazine rings is 1. The zero-order chi connectivity index (χ0) is 25.1. The summed E-state index contributed by atoms with van der Waals surface area (Å²) in [6, 6.07) is 19.7. The molecule has 36 heavy (non-hydrogen) atoms. The number of nitrogens with zero attached hydrogens (tertiary/aromatic N) is 4. The SMILES string of the molecule is CCn1c(=O)[nH]c(=O)c2cc(C(=O)Nc3ccc(N4CCN(Cc5ccccc5)CC4)cc3)cnc21. The zero-order valence-electron chi connectivity index (χ0n) is 20.1. The second-order valence-electron chi connectivity index (χ2n) is 8.85. The number of aromatic amines is 1. The van der Waals surface area contributed by atoms with Crippen molar-refractivity contribution in [1.29, 1.82) is 0 Å². The van der Waals surface area contributed by atoms with Gasteiger partial charge < -0.3 is 10.2 Å². The molecular formula is C27H28N6O3. The lowest BCUT2D eigenvalue weighted by Gasteiger charge is -2.36. The average Bonchev–Trinajstić information content (AvgIpc) is 2.90. The highest BCUT2D eigenvalue weighted by molar-refractivity contribution is 6.05. The minimum Gasteiger partial charge on any atom is -0.369 e. The maximum absolute atomic E-state index is 12.8. The van der Waals surface area contributed by atoms with E-state index in [2.05, 4.69) is 49.4 Å². The Labute approximate surface area is 208 Å². The monoisotopic (exact) mass is 484 g/mol. The Kier molecular flexibility index (Phi) is 6.64. The van der Waals surface area contributed by atoms with Crippen molar-refractivity contribution in [2.45, 2.75) is 20.0 Å². The molecule has 184 valence electrons. The molecule has 0 spiro atoms. The number of aryl methyl sites for hydroxylation is 1. The first-order chi connectivity index (χ1) is 17.5. The van der Waals surface area contributed by atoms with Gasteiger partial charge in [-0.3, -0.25) is 24.0 Å². The van der Waals surface area contributed by atoms with Crippen molar-refractivity contribution in [2.24, 2.45) is 0 Å². The van der Waals surface area contributed by atoms with Crippen LogP contribution in [0.1, 0.15) is 22.8 Å². The molecule has 0 saturated carbocycles. The molecule has 2 N–H and O–H groups in total. The highest BCUT2D eigenvalue weighted by Gasteiger charge is 2.18. The van der Waals surface area contributed by atoms with Gasteiger partial charge in [-0.05, 0) is 42.8 Å². The Bertz CT molecular complexity index is 1490. The predicted octanol–water partition coefficient (Wildman–Crippen LogP) is 2.68. The molecule has 1 saturated heterocycles. The quantitative estimate of drug-likeness (QED) is 0.436. The highest BCUT2D eigenvalue weighted by atomic mass is 16.2. The summed E-state index contributed by atoms with van der Waals surface area (Å²) in [5.74, 6) is -0.375. The van der Waals surface area contributed by atoms with Crippen LogP contribution in [0.25, 0.3) is 11.0 Å². The van der Waals surface area contributed by atoms with E-state index in [0.717, 1.165) is 38.4 Å². The molecule has 1 aliphatic heterocycles. The van der Waals surface area contributed by atoms with E-state index in [-0.39, 0.29) is 22.5 Å². The second-order valence-corrected chi connectivity index (χ2v) is 8.85. The first kappa shape index (κ1) is 23.5. The van der Waals surface area contributed by atoms with Gasteiger partial charge in [-0.2, -0.15) is 0 Å². The van der Waals surface area contributed by atoms with Crippen LogP contribution in [0.3, 0.4) is 0 Å². The van der Waals surface area contributed by atoms with Crippen LogP contribution >= 0.6 is 0 Å². The van der Waals surface area contributed by atoms with Gasteiger partial charge in [0.05, 0.1) is 10.9 Å². The Morgan fingerprint density at radius 3 is 2.42 bits per heavy atom. The summed E-state index contributed by atoms with van der Waals surface area (Å²) >= 11 is 0. The number of fused-ring (bicyclic) bond motifs is 1. The molecule has 4 aromatic rings. The minimum absolute atomic E-state index is 0.200. The van der Waals surface area contributed by atoms with Crippen molar-refractivity contribution >= 4 is 28.3 Å². The molecule has 0 atom stereocenters. The van der Waals surface area contributed by atoms with Gasteiger partial charge in [0.15, 0.2) is 0 Å². The van der Waals surface area contributed by atoms with E-state index in [0.29, 0.717) is 12.2 Å². The lowest BCUT2D eigenvalue weighted by Crippen LogP contribution is -2.45. The van der Waals surface area contributed by atoms with Gasteiger partial charge >= 0.3 is 5.69 Å². The number of anilines is 2. The molecule has 1 aliphatic rings. The lowest BCUT2D eigenvalue weighted by atomic mass is 10.2. The number of benzene rings is 2. The van der Waals surface area contributed by atoms with E-state index in [1.54, 1.807) is 6.92 Å². The Balaban J connectivity index is 1.22. The third-order valence-corrected chi connectivity index (χ3v) is 6.52. The Morgan fingerprint density at radius 1 is 1.00 bits per heavy atom. The maximum atomic E-state index is 12.8. The molecule has 1 fully saturated rings. The smallest absolute Gasteiger partial charge is 0.329 e. The molecule has 3 heterocycles. The number of carbonyl (C=O) groups is 1. The molecule has 5 rings (SSSR count). The largest absolute Gasteiger partial charge is 0.369 e. The molecular weight excluding hydrogens is 456 g/mol. The summed E-state index contributed by atoms with van der Waals surface area (Å²) in [5.41, 5.74) is 2.52. The van der Waals surface area contributed by atoms with Gasteiger partial charge in [0.25, 0.3) is 11.5 Å². The highest BCUT2D eigenvalue weighted by Crippen LogP contribution is 2.21. The molecule has 0 bridgehead atoms. The number of hydrogen-bond donors (Lipinski definition) is 2. The summed E-state index contributed by atoms with van der Waals surface area (Å²) in [5, 5.41) is 3.06.